The van der Waals surface area contributed by atoms with Gasteiger partial charge >= 0.3 is 0 Å². The topological polar surface area (TPSA) is 98.5 Å². The molecule has 2 aromatic rings. The third-order valence-electron chi connectivity index (χ3n) is 3.55. The third kappa shape index (κ3) is 6.30. The molecule has 0 unspecified atom stereocenters. The highest BCUT2D eigenvalue weighted by Gasteiger charge is 2.15. The second-order valence-corrected chi connectivity index (χ2v) is 7.84. The largest absolute Gasteiger partial charge is 0.494 e. The Balaban J connectivity index is 1.82. The van der Waals surface area contributed by atoms with Gasteiger partial charge in [0, 0.05) is 13.0 Å². The van der Waals surface area contributed by atoms with Crippen LogP contribution in [0.25, 0.3) is 5.69 Å². The molecular weight excluding hydrogens is 352 g/mol. The summed E-state index contributed by atoms with van der Waals surface area (Å²) >= 11 is 1.30. The zero-order valence-corrected chi connectivity index (χ0v) is 16.5. The van der Waals surface area contributed by atoms with Crippen molar-refractivity contribution in [3.8, 4) is 11.4 Å². The Hall–Kier alpha value is -2.13. The number of carbonyl (C=O) groups excluding carboxylic acids is 1. The van der Waals surface area contributed by atoms with E-state index in [0.717, 1.165) is 18.7 Å². The first-order valence-corrected chi connectivity index (χ1v) is 9.55. The van der Waals surface area contributed by atoms with Crippen molar-refractivity contribution in [3.63, 3.8) is 0 Å². The molecule has 0 saturated carbocycles. The lowest BCUT2D eigenvalue weighted by atomic mass is 10.1. The summed E-state index contributed by atoms with van der Waals surface area (Å²) in [5, 5.41) is 17.5. The first-order chi connectivity index (χ1) is 12.4. The number of ether oxygens (including phenoxy) is 1. The van der Waals surface area contributed by atoms with Gasteiger partial charge in [-0.2, -0.15) is 4.68 Å². The number of thioether (sulfide) groups is 1. The molecule has 0 saturated heterocycles. The molecule has 2 rings (SSSR count). The van der Waals surface area contributed by atoms with Gasteiger partial charge in [-0.25, -0.2) is 0 Å². The molecule has 1 amide bonds. The van der Waals surface area contributed by atoms with Gasteiger partial charge in [0.1, 0.15) is 11.4 Å². The van der Waals surface area contributed by atoms with Gasteiger partial charge in [-0.1, -0.05) is 23.9 Å². The number of tetrazole rings is 1. The van der Waals surface area contributed by atoms with Crippen molar-refractivity contribution < 1.29 is 14.8 Å². The number of nitrogens with two attached hydrogens (primary N) is 1. The number of hydrogen-bond donors (Lipinski definition) is 2. The normalized spacial score (nSPS) is 11.4. The molecule has 26 heavy (non-hydrogen) atoms. The summed E-state index contributed by atoms with van der Waals surface area (Å²) in [6, 6.07) is 7.47. The van der Waals surface area contributed by atoms with Crippen LogP contribution in [0.4, 0.5) is 0 Å². The predicted molar refractivity (Wildman–Crippen MR) is 101 cm³/mol. The molecule has 9 heteroatoms. The van der Waals surface area contributed by atoms with Crippen molar-refractivity contribution in [3.05, 3.63) is 24.3 Å². The van der Waals surface area contributed by atoms with E-state index in [1.807, 2.05) is 24.3 Å². The molecule has 8 nitrogen and oxygen atoms in total. The van der Waals surface area contributed by atoms with E-state index in [0.29, 0.717) is 17.5 Å². The quantitative estimate of drug-likeness (QED) is 0.490. The lowest BCUT2D eigenvalue weighted by Gasteiger charge is -2.16. The average molecular weight is 380 g/mol. The van der Waals surface area contributed by atoms with Crippen LogP contribution in [0.2, 0.25) is 0 Å². The van der Waals surface area contributed by atoms with E-state index in [2.05, 4.69) is 46.9 Å². The fourth-order valence-corrected chi connectivity index (χ4v) is 2.98. The van der Waals surface area contributed by atoms with E-state index in [4.69, 9.17) is 4.74 Å². The summed E-state index contributed by atoms with van der Waals surface area (Å²) in [4.78, 5) is 12.0. The molecule has 0 aliphatic carbocycles. The van der Waals surface area contributed by atoms with Gasteiger partial charge in [-0.3, -0.25) is 4.79 Å². The Morgan fingerprint density at radius 2 is 2.12 bits per heavy atom. The van der Waals surface area contributed by atoms with Gasteiger partial charge in [0.2, 0.25) is 11.1 Å². The maximum absolute atomic E-state index is 12.0. The Morgan fingerprint density at radius 1 is 1.35 bits per heavy atom. The molecule has 1 heterocycles. The highest BCUT2D eigenvalue weighted by molar-refractivity contribution is 7.99. The van der Waals surface area contributed by atoms with Crippen molar-refractivity contribution in [2.24, 2.45) is 0 Å². The standard InChI is InChI=1S/C17H26N6O2S/c1-17(2,3)19-11-7-10-18-15(24)12-26-16-20-21-22-23(16)13-8-5-6-9-14(13)25-4/h5-6,8-9,19H,7,10-12H2,1-4H3,(H,18,24)/p+1. The SMILES string of the molecule is COc1ccccc1-n1nnnc1SCC(=O)NCCC[NH2+]C(C)(C)C. The second kappa shape index (κ2) is 9.54. The maximum atomic E-state index is 12.0. The van der Waals surface area contributed by atoms with Gasteiger partial charge in [0.05, 0.1) is 24.9 Å². The molecule has 1 aromatic heterocycles. The van der Waals surface area contributed by atoms with Crippen LogP contribution in [0.1, 0.15) is 27.2 Å². The first kappa shape index (κ1) is 20.2. The summed E-state index contributed by atoms with van der Waals surface area (Å²) in [5.74, 6) is 0.903. The number of benzene rings is 1. The molecule has 0 spiro atoms. The minimum atomic E-state index is -0.0275. The number of carbonyl (C=O) groups is 1. The Bertz CT molecular complexity index is 713. The number of quaternary nitrogens is 1. The van der Waals surface area contributed by atoms with E-state index in [-0.39, 0.29) is 17.2 Å². The van der Waals surface area contributed by atoms with Crippen LogP contribution in [-0.4, -0.2) is 57.6 Å². The van der Waals surface area contributed by atoms with Gasteiger partial charge in [0.15, 0.2) is 0 Å². The number of hydrogen-bond acceptors (Lipinski definition) is 6. The second-order valence-electron chi connectivity index (χ2n) is 6.90. The molecule has 0 aliphatic heterocycles. The number of nitrogens with one attached hydrogen (secondary N) is 1. The number of para-hydroxylation sites is 2. The Morgan fingerprint density at radius 3 is 2.85 bits per heavy atom. The average Bonchev–Trinajstić information content (AvgIpc) is 3.07. The van der Waals surface area contributed by atoms with Crippen LogP contribution in [0, 0.1) is 0 Å². The summed E-state index contributed by atoms with van der Waals surface area (Å²) in [6.07, 6.45) is 0.937. The van der Waals surface area contributed by atoms with Crippen LogP contribution < -0.4 is 15.4 Å². The van der Waals surface area contributed by atoms with Crippen LogP contribution in [0.15, 0.2) is 29.4 Å². The van der Waals surface area contributed by atoms with Crippen molar-refractivity contribution >= 4 is 17.7 Å². The summed E-state index contributed by atoms with van der Waals surface area (Å²) in [6.45, 7) is 8.18. The van der Waals surface area contributed by atoms with Crippen LogP contribution in [0.5, 0.6) is 5.75 Å². The molecule has 0 bridgehead atoms. The summed E-state index contributed by atoms with van der Waals surface area (Å²) in [5.41, 5.74) is 0.954. The third-order valence-corrected chi connectivity index (χ3v) is 4.47. The van der Waals surface area contributed by atoms with Gasteiger partial charge in [0.25, 0.3) is 0 Å². The van der Waals surface area contributed by atoms with Gasteiger partial charge in [-0.15, -0.1) is 5.10 Å². The van der Waals surface area contributed by atoms with Gasteiger partial charge in [-0.05, 0) is 43.3 Å². The molecular formula is C17H27N6O2S+. The lowest BCUT2D eigenvalue weighted by molar-refractivity contribution is -0.717. The van der Waals surface area contributed by atoms with E-state index in [1.165, 1.54) is 11.8 Å². The number of aromatic nitrogens is 4. The van der Waals surface area contributed by atoms with E-state index < -0.39 is 0 Å². The highest BCUT2D eigenvalue weighted by Crippen LogP contribution is 2.25. The molecule has 142 valence electrons. The maximum Gasteiger partial charge on any atom is 0.230 e. The van der Waals surface area contributed by atoms with Crippen molar-refractivity contribution in [1.29, 1.82) is 0 Å². The lowest BCUT2D eigenvalue weighted by Crippen LogP contribution is -2.94. The zero-order chi connectivity index (χ0) is 19.0. The summed E-state index contributed by atoms with van der Waals surface area (Å²) in [7, 11) is 1.60. The predicted octanol–water partition coefficient (Wildman–Crippen LogP) is 0.631. The fourth-order valence-electron chi connectivity index (χ4n) is 2.27. The first-order valence-electron chi connectivity index (χ1n) is 8.56. The smallest absolute Gasteiger partial charge is 0.230 e. The Kier molecular flexibility index (Phi) is 7.40. The molecule has 3 N–H and O–H groups in total. The van der Waals surface area contributed by atoms with Crippen LogP contribution in [-0.2, 0) is 4.79 Å². The molecule has 0 atom stereocenters. The highest BCUT2D eigenvalue weighted by atomic mass is 32.2. The molecule has 1 aromatic carbocycles. The van der Waals surface area contributed by atoms with Crippen molar-refractivity contribution in [1.82, 2.24) is 25.5 Å². The van der Waals surface area contributed by atoms with Crippen molar-refractivity contribution in [2.75, 3.05) is 26.0 Å². The minimum absolute atomic E-state index is 0.0275. The number of methoxy groups -OCH3 is 1. The molecule has 0 radical (unpaired) electrons. The van der Waals surface area contributed by atoms with Gasteiger partial charge < -0.3 is 15.4 Å². The van der Waals surface area contributed by atoms with Crippen LogP contribution in [0.3, 0.4) is 0 Å². The number of amides is 1. The summed E-state index contributed by atoms with van der Waals surface area (Å²) < 4.78 is 6.92. The fraction of sp³-hybridized carbons (Fsp3) is 0.529. The number of rotatable bonds is 9. The Labute approximate surface area is 158 Å². The van der Waals surface area contributed by atoms with E-state index in [1.54, 1.807) is 11.8 Å². The van der Waals surface area contributed by atoms with Crippen molar-refractivity contribution in [2.45, 2.75) is 37.9 Å². The number of nitrogens with zero attached hydrogens (tertiary/aromatic N) is 4. The van der Waals surface area contributed by atoms with E-state index >= 15 is 0 Å². The van der Waals surface area contributed by atoms with E-state index in [9.17, 15) is 4.79 Å². The minimum Gasteiger partial charge on any atom is -0.494 e. The molecule has 0 aliphatic rings. The molecule has 0 fully saturated rings. The zero-order valence-electron chi connectivity index (χ0n) is 15.7. The van der Waals surface area contributed by atoms with Crippen LogP contribution >= 0.6 is 11.8 Å². The monoisotopic (exact) mass is 379 g/mol.